The highest BCUT2D eigenvalue weighted by Gasteiger charge is 2.21. The van der Waals surface area contributed by atoms with Crippen molar-refractivity contribution in [3.8, 4) is 5.75 Å². The van der Waals surface area contributed by atoms with E-state index in [-0.39, 0.29) is 17.1 Å². The van der Waals surface area contributed by atoms with Gasteiger partial charge in [0.15, 0.2) is 5.11 Å². The maximum Gasteiger partial charge on any atom is 0.257 e. The van der Waals surface area contributed by atoms with Gasteiger partial charge in [-0.1, -0.05) is 37.3 Å². The molecule has 3 aromatic rings. The molecule has 33 heavy (non-hydrogen) atoms. The summed E-state index contributed by atoms with van der Waals surface area (Å²) in [6.07, 6.45) is 1.66. The largest absolute Gasteiger partial charge is 0.491 e. The lowest BCUT2D eigenvalue weighted by atomic mass is 10.1. The summed E-state index contributed by atoms with van der Waals surface area (Å²) >= 11 is 6.73. The molecule has 1 heterocycles. The second-order valence-electron chi connectivity index (χ2n) is 7.65. The zero-order chi connectivity index (χ0) is 24.0. The van der Waals surface area contributed by atoms with E-state index in [9.17, 15) is 9.59 Å². The van der Waals surface area contributed by atoms with E-state index < -0.39 is 5.91 Å². The molecule has 0 bridgehead atoms. The molecule has 1 unspecified atom stereocenters. The molecule has 8 heteroatoms. The van der Waals surface area contributed by atoms with Gasteiger partial charge in [0.25, 0.3) is 11.8 Å². The fraction of sp³-hybridized carbons (Fsp3) is 0.240. The molecule has 3 rings (SSSR count). The van der Waals surface area contributed by atoms with E-state index in [1.807, 2.05) is 51.1 Å². The molecule has 2 aromatic carbocycles. The average molecular weight is 482 g/mol. The summed E-state index contributed by atoms with van der Waals surface area (Å²) in [7, 11) is 0. The van der Waals surface area contributed by atoms with Gasteiger partial charge in [-0.05, 0) is 67.9 Å². The van der Waals surface area contributed by atoms with Crippen molar-refractivity contribution >= 4 is 45.5 Å². The van der Waals surface area contributed by atoms with Crippen LogP contribution in [-0.4, -0.2) is 23.0 Å². The number of hydrogen-bond donors (Lipinski definition) is 3. The number of rotatable bonds is 8. The smallest absolute Gasteiger partial charge is 0.257 e. The first kappa shape index (κ1) is 24.4. The Bertz CT molecular complexity index is 1140. The van der Waals surface area contributed by atoms with Crippen LogP contribution < -0.4 is 21.1 Å². The van der Waals surface area contributed by atoms with Crippen molar-refractivity contribution in [1.29, 1.82) is 0 Å². The zero-order valence-corrected chi connectivity index (χ0v) is 20.4. The number of amides is 2. The Morgan fingerprint density at radius 2 is 1.79 bits per heavy atom. The van der Waals surface area contributed by atoms with Crippen LogP contribution in [0, 0.1) is 6.92 Å². The Hall–Kier alpha value is -3.23. The average Bonchev–Trinajstić information content (AvgIpc) is 3.09. The van der Waals surface area contributed by atoms with Crippen LogP contribution in [0.5, 0.6) is 5.75 Å². The van der Waals surface area contributed by atoms with Crippen molar-refractivity contribution in [3.05, 3.63) is 81.7 Å². The van der Waals surface area contributed by atoms with Gasteiger partial charge >= 0.3 is 0 Å². The van der Waals surface area contributed by atoms with Gasteiger partial charge in [-0.2, -0.15) is 0 Å². The Kier molecular flexibility index (Phi) is 8.19. The lowest BCUT2D eigenvalue weighted by Gasteiger charge is -2.13. The highest BCUT2D eigenvalue weighted by molar-refractivity contribution is 7.80. The van der Waals surface area contributed by atoms with Gasteiger partial charge in [0.05, 0.1) is 11.7 Å². The number of thiophene rings is 1. The van der Waals surface area contributed by atoms with Crippen molar-refractivity contribution in [2.45, 2.75) is 39.7 Å². The van der Waals surface area contributed by atoms with Crippen molar-refractivity contribution in [3.63, 3.8) is 0 Å². The first-order valence-corrected chi connectivity index (χ1v) is 11.9. The summed E-state index contributed by atoms with van der Waals surface area (Å²) in [6.45, 7) is 5.90. The fourth-order valence-corrected chi connectivity index (χ4v) is 4.71. The summed E-state index contributed by atoms with van der Waals surface area (Å²) in [5.74, 6) is -0.203. The molecule has 0 aliphatic heterocycles. The Morgan fingerprint density at radius 3 is 2.39 bits per heavy atom. The second-order valence-corrected chi connectivity index (χ2v) is 9.16. The molecule has 0 spiro atoms. The van der Waals surface area contributed by atoms with Gasteiger partial charge in [0, 0.05) is 16.9 Å². The number of hydrogen-bond acceptors (Lipinski definition) is 5. The van der Waals surface area contributed by atoms with Crippen molar-refractivity contribution in [1.82, 2.24) is 5.32 Å². The molecule has 1 aromatic heterocycles. The number of anilines is 1. The third-order valence-corrected chi connectivity index (χ3v) is 6.59. The third kappa shape index (κ3) is 6.40. The first-order chi connectivity index (χ1) is 15.8. The number of nitrogens with one attached hydrogen (secondary N) is 2. The molecule has 0 radical (unpaired) electrons. The molecular weight excluding hydrogens is 454 g/mol. The van der Waals surface area contributed by atoms with Gasteiger partial charge in [-0.15, -0.1) is 11.3 Å². The molecule has 0 aliphatic rings. The number of primary amides is 1. The molecule has 6 nitrogen and oxygen atoms in total. The summed E-state index contributed by atoms with van der Waals surface area (Å²) in [5, 5.41) is 6.25. The minimum absolute atomic E-state index is 0.0925. The van der Waals surface area contributed by atoms with Gasteiger partial charge in [-0.3, -0.25) is 14.9 Å². The minimum atomic E-state index is -0.545. The summed E-state index contributed by atoms with van der Waals surface area (Å²) in [5.41, 5.74) is 8.40. The minimum Gasteiger partial charge on any atom is -0.491 e. The predicted molar refractivity (Wildman–Crippen MR) is 137 cm³/mol. The Morgan fingerprint density at radius 1 is 1.12 bits per heavy atom. The van der Waals surface area contributed by atoms with E-state index in [0.717, 1.165) is 22.4 Å². The maximum atomic E-state index is 12.6. The second kappa shape index (κ2) is 11.1. The lowest BCUT2D eigenvalue weighted by molar-refractivity contribution is 0.0975. The van der Waals surface area contributed by atoms with Crippen LogP contribution in [0.1, 0.15) is 57.0 Å². The monoisotopic (exact) mass is 481 g/mol. The summed E-state index contributed by atoms with van der Waals surface area (Å²) in [4.78, 5) is 25.7. The number of ether oxygens (including phenoxy) is 1. The normalized spacial score (nSPS) is 11.5. The maximum absolute atomic E-state index is 12.6. The molecular formula is C25H27N3O3S2. The molecule has 0 saturated carbocycles. The molecule has 4 N–H and O–H groups in total. The highest BCUT2D eigenvalue weighted by Crippen LogP contribution is 2.34. The van der Waals surface area contributed by atoms with E-state index in [4.69, 9.17) is 22.7 Å². The number of thiocarbonyl (C=S) groups is 1. The van der Waals surface area contributed by atoms with Crippen molar-refractivity contribution in [2.24, 2.45) is 5.73 Å². The number of carbonyl (C=O) groups excluding carboxylic acids is 2. The summed E-state index contributed by atoms with van der Waals surface area (Å²) < 4.78 is 5.74. The van der Waals surface area contributed by atoms with E-state index in [2.05, 4.69) is 10.6 Å². The molecule has 2 amide bonds. The number of nitrogens with two attached hydrogens (primary N) is 1. The first-order valence-electron chi connectivity index (χ1n) is 10.6. The van der Waals surface area contributed by atoms with Crippen LogP contribution in [0.25, 0.3) is 0 Å². The van der Waals surface area contributed by atoms with E-state index in [1.165, 1.54) is 11.3 Å². The van der Waals surface area contributed by atoms with Crippen LogP contribution in [0.4, 0.5) is 5.00 Å². The number of carbonyl (C=O) groups is 2. The van der Waals surface area contributed by atoms with E-state index >= 15 is 0 Å². The van der Waals surface area contributed by atoms with Crippen LogP contribution >= 0.6 is 23.6 Å². The Balaban J connectivity index is 1.69. The highest BCUT2D eigenvalue weighted by atomic mass is 32.1. The Labute approximate surface area is 203 Å². The molecule has 1 atom stereocenters. The third-order valence-electron chi connectivity index (χ3n) is 5.18. The van der Waals surface area contributed by atoms with Gasteiger partial charge in [-0.25, -0.2) is 0 Å². The predicted octanol–water partition coefficient (Wildman–Crippen LogP) is 5.05. The SMILES string of the molecule is CCC(C)Oc1ccc(C(=O)NC(=S)Nc2sc(Cc3ccccc3)c(C)c2C(N)=O)cc1. The van der Waals surface area contributed by atoms with Crippen LogP contribution in [0.2, 0.25) is 0 Å². The van der Waals surface area contributed by atoms with Crippen LogP contribution in [0.3, 0.4) is 0 Å². The quantitative estimate of drug-likeness (QED) is 0.392. The summed E-state index contributed by atoms with van der Waals surface area (Å²) in [6, 6.07) is 16.8. The number of benzene rings is 2. The molecule has 0 aliphatic carbocycles. The van der Waals surface area contributed by atoms with Gasteiger partial charge in [0.2, 0.25) is 0 Å². The topological polar surface area (TPSA) is 93.4 Å². The van der Waals surface area contributed by atoms with E-state index in [0.29, 0.717) is 28.3 Å². The van der Waals surface area contributed by atoms with Crippen molar-refractivity contribution < 1.29 is 14.3 Å². The molecule has 0 fully saturated rings. The van der Waals surface area contributed by atoms with Crippen LogP contribution in [-0.2, 0) is 6.42 Å². The van der Waals surface area contributed by atoms with Crippen molar-refractivity contribution in [2.75, 3.05) is 5.32 Å². The standard InChI is InChI=1S/C25H27N3O3S2/c1-4-15(2)31-19-12-10-18(11-13-19)23(30)27-25(32)28-24-21(22(26)29)16(3)20(33-24)14-17-8-6-5-7-9-17/h5-13,15H,4,14H2,1-3H3,(H2,26,29)(H2,27,28,30,32). The van der Waals surface area contributed by atoms with Gasteiger partial charge < -0.3 is 15.8 Å². The molecule has 0 saturated heterocycles. The lowest BCUT2D eigenvalue weighted by Crippen LogP contribution is -2.34. The zero-order valence-electron chi connectivity index (χ0n) is 18.8. The van der Waals surface area contributed by atoms with E-state index in [1.54, 1.807) is 24.3 Å². The molecule has 172 valence electrons. The fourth-order valence-electron chi connectivity index (χ4n) is 3.21. The van der Waals surface area contributed by atoms with Crippen LogP contribution in [0.15, 0.2) is 54.6 Å². The van der Waals surface area contributed by atoms with Gasteiger partial charge in [0.1, 0.15) is 10.8 Å².